The van der Waals surface area contributed by atoms with Crippen LogP contribution in [0, 0.1) is 11.3 Å². The van der Waals surface area contributed by atoms with Crippen molar-refractivity contribution in [3.05, 3.63) is 53.6 Å². The molecule has 1 aliphatic rings. The second-order valence-corrected chi connectivity index (χ2v) is 6.75. The van der Waals surface area contributed by atoms with E-state index in [9.17, 15) is 5.26 Å². The highest BCUT2D eigenvalue weighted by molar-refractivity contribution is 5.55. The molecule has 2 aromatic carbocycles. The lowest BCUT2D eigenvalue weighted by Crippen LogP contribution is -2.47. The van der Waals surface area contributed by atoms with E-state index >= 15 is 0 Å². The number of hydrogen-bond donors (Lipinski definition) is 0. The minimum absolute atomic E-state index is 0.195. The average Bonchev–Trinajstić information content (AvgIpc) is 2.75. The summed E-state index contributed by atoms with van der Waals surface area (Å²) < 4.78 is 16.5. The van der Waals surface area contributed by atoms with Crippen molar-refractivity contribution in [2.24, 2.45) is 0 Å². The van der Waals surface area contributed by atoms with Gasteiger partial charge in [-0.15, -0.1) is 0 Å². The number of hydrogen-bond acceptors (Lipinski definition) is 6. The zero-order valence-electron chi connectivity index (χ0n) is 16.7. The molecule has 1 heterocycles. The van der Waals surface area contributed by atoms with E-state index in [1.54, 1.807) is 21.3 Å². The van der Waals surface area contributed by atoms with Crippen molar-refractivity contribution in [3.8, 4) is 23.3 Å². The first-order valence-electron chi connectivity index (χ1n) is 9.40. The fraction of sp³-hybridized carbons (Fsp3) is 0.409. The lowest BCUT2D eigenvalue weighted by atomic mass is 10.1. The van der Waals surface area contributed by atoms with Crippen LogP contribution in [0.3, 0.4) is 0 Å². The van der Waals surface area contributed by atoms with Crippen LogP contribution in [0.4, 0.5) is 0 Å². The first-order chi connectivity index (χ1) is 13.7. The number of ether oxygens (including phenoxy) is 3. The number of nitriles is 1. The van der Waals surface area contributed by atoms with Crippen molar-refractivity contribution in [2.45, 2.75) is 12.6 Å². The number of rotatable bonds is 7. The van der Waals surface area contributed by atoms with Crippen molar-refractivity contribution in [3.63, 3.8) is 0 Å². The summed E-state index contributed by atoms with van der Waals surface area (Å²) in [6.07, 6.45) is 0. The van der Waals surface area contributed by atoms with Crippen LogP contribution >= 0.6 is 0 Å². The molecule has 0 aliphatic carbocycles. The molecule has 0 saturated carbocycles. The molecule has 6 nitrogen and oxygen atoms in total. The van der Waals surface area contributed by atoms with Crippen molar-refractivity contribution >= 4 is 0 Å². The van der Waals surface area contributed by atoms with Gasteiger partial charge in [0.25, 0.3) is 0 Å². The Morgan fingerprint density at radius 3 is 2.14 bits per heavy atom. The van der Waals surface area contributed by atoms with Crippen LogP contribution in [0.15, 0.2) is 42.5 Å². The van der Waals surface area contributed by atoms with E-state index in [0.29, 0.717) is 17.2 Å². The Labute approximate surface area is 166 Å². The van der Waals surface area contributed by atoms with Crippen molar-refractivity contribution in [2.75, 3.05) is 47.5 Å². The maximum Gasteiger partial charge on any atom is 0.203 e. The Morgan fingerprint density at radius 1 is 0.893 bits per heavy atom. The molecule has 1 atom stereocenters. The summed E-state index contributed by atoms with van der Waals surface area (Å²) in [5, 5.41) is 9.66. The van der Waals surface area contributed by atoms with Gasteiger partial charge in [0.15, 0.2) is 11.5 Å². The third kappa shape index (κ3) is 4.22. The van der Waals surface area contributed by atoms with Gasteiger partial charge in [-0.25, -0.2) is 0 Å². The molecule has 3 rings (SSSR count). The van der Waals surface area contributed by atoms with Gasteiger partial charge < -0.3 is 14.2 Å². The van der Waals surface area contributed by atoms with E-state index in [4.69, 9.17) is 14.2 Å². The van der Waals surface area contributed by atoms with Crippen molar-refractivity contribution in [1.29, 1.82) is 5.26 Å². The van der Waals surface area contributed by atoms with Crippen LogP contribution in [-0.4, -0.2) is 57.3 Å². The molecule has 1 fully saturated rings. The topological polar surface area (TPSA) is 58.0 Å². The molecule has 1 saturated heterocycles. The second-order valence-electron chi connectivity index (χ2n) is 6.75. The molecule has 1 aliphatic heterocycles. The molecule has 28 heavy (non-hydrogen) atoms. The molecular formula is C22H27N3O3. The van der Waals surface area contributed by atoms with E-state index in [-0.39, 0.29) is 6.04 Å². The van der Waals surface area contributed by atoms with Gasteiger partial charge in [0.2, 0.25) is 5.75 Å². The predicted octanol–water partition coefficient (Wildman–Crippen LogP) is 3.09. The van der Waals surface area contributed by atoms with Crippen molar-refractivity contribution in [1.82, 2.24) is 9.80 Å². The Kier molecular flexibility index (Phi) is 6.75. The molecule has 0 spiro atoms. The minimum Gasteiger partial charge on any atom is -0.493 e. The lowest BCUT2D eigenvalue weighted by Gasteiger charge is -2.37. The summed E-state index contributed by atoms with van der Waals surface area (Å²) in [6.45, 7) is 4.25. The predicted molar refractivity (Wildman–Crippen MR) is 108 cm³/mol. The zero-order valence-corrected chi connectivity index (χ0v) is 16.7. The first-order valence-corrected chi connectivity index (χ1v) is 9.40. The quantitative estimate of drug-likeness (QED) is 0.735. The summed E-state index contributed by atoms with van der Waals surface area (Å²) in [6, 6.07) is 16.2. The third-order valence-electron chi connectivity index (χ3n) is 5.19. The largest absolute Gasteiger partial charge is 0.493 e. The van der Waals surface area contributed by atoms with Crippen LogP contribution in [0.5, 0.6) is 17.2 Å². The van der Waals surface area contributed by atoms with Gasteiger partial charge >= 0.3 is 0 Å². The van der Waals surface area contributed by atoms with Gasteiger partial charge in [0.05, 0.1) is 27.4 Å². The van der Waals surface area contributed by atoms with Crippen LogP contribution in [0.1, 0.15) is 17.2 Å². The van der Waals surface area contributed by atoms with Crippen LogP contribution in [0.2, 0.25) is 0 Å². The molecule has 0 radical (unpaired) electrons. The van der Waals surface area contributed by atoms with Crippen LogP contribution < -0.4 is 14.2 Å². The third-order valence-corrected chi connectivity index (χ3v) is 5.19. The van der Waals surface area contributed by atoms with Crippen molar-refractivity contribution < 1.29 is 14.2 Å². The van der Waals surface area contributed by atoms with E-state index in [1.807, 2.05) is 42.5 Å². The highest BCUT2D eigenvalue weighted by Crippen LogP contribution is 2.40. The Morgan fingerprint density at radius 2 is 1.57 bits per heavy atom. The summed E-state index contributed by atoms with van der Waals surface area (Å²) in [5.74, 6) is 1.99. The molecule has 0 amide bonds. The van der Waals surface area contributed by atoms with Gasteiger partial charge in [-0.1, -0.05) is 36.4 Å². The van der Waals surface area contributed by atoms with Crippen LogP contribution in [-0.2, 0) is 6.54 Å². The molecule has 148 valence electrons. The fourth-order valence-electron chi connectivity index (χ4n) is 3.71. The van der Waals surface area contributed by atoms with Gasteiger partial charge in [0.1, 0.15) is 6.04 Å². The summed E-state index contributed by atoms with van der Waals surface area (Å²) in [5.41, 5.74) is 2.12. The average molecular weight is 381 g/mol. The first kappa shape index (κ1) is 20.0. The molecular weight excluding hydrogens is 354 g/mol. The molecule has 2 aromatic rings. The summed E-state index contributed by atoms with van der Waals surface area (Å²) in [7, 11) is 4.89. The minimum atomic E-state index is -0.195. The number of methoxy groups -OCH3 is 3. The molecule has 0 bridgehead atoms. The summed E-state index contributed by atoms with van der Waals surface area (Å²) >= 11 is 0. The Balaban J connectivity index is 1.67. The van der Waals surface area contributed by atoms with E-state index < -0.39 is 0 Å². The Bertz CT molecular complexity index is 812. The number of benzene rings is 2. The highest BCUT2D eigenvalue weighted by atomic mass is 16.5. The fourth-order valence-corrected chi connectivity index (χ4v) is 3.71. The Hall–Kier alpha value is -2.75. The monoisotopic (exact) mass is 381 g/mol. The maximum atomic E-state index is 9.66. The number of piperazine rings is 1. The molecule has 1 unspecified atom stereocenters. The van der Waals surface area contributed by atoms with Gasteiger partial charge in [-0.3, -0.25) is 9.80 Å². The molecule has 0 N–H and O–H groups in total. The maximum absolute atomic E-state index is 9.66. The molecule has 0 aromatic heterocycles. The lowest BCUT2D eigenvalue weighted by molar-refractivity contribution is 0.108. The van der Waals surface area contributed by atoms with Gasteiger partial charge in [-0.2, -0.15) is 5.26 Å². The van der Waals surface area contributed by atoms with Gasteiger partial charge in [0, 0.05) is 38.3 Å². The van der Waals surface area contributed by atoms with E-state index in [1.165, 1.54) is 0 Å². The molecule has 6 heteroatoms. The van der Waals surface area contributed by atoms with Gasteiger partial charge in [-0.05, 0) is 11.6 Å². The SMILES string of the molecule is COc1ccc(CN2CCN(C(C#N)c3ccccc3)CC2)c(OC)c1OC. The normalized spacial score (nSPS) is 16.2. The van der Waals surface area contributed by atoms with E-state index in [0.717, 1.165) is 43.9 Å². The standard InChI is InChI=1S/C22H27N3O3/c1-26-20-10-9-18(21(27-2)22(20)28-3)16-24-11-13-25(14-12-24)19(15-23)17-7-5-4-6-8-17/h4-10,19H,11-14,16H2,1-3H3. The zero-order chi connectivity index (χ0) is 19.9. The highest BCUT2D eigenvalue weighted by Gasteiger charge is 2.26. The van der Waals surface area contributed by atoms with E-state index in [2.05, 4.69) is 15.9 Å². The van der Waals surface area contributed by atoms with Crippen LogP contribution in [0.25, 0.3) is 0 Å². The number of nitrogens with zero attached hydrogens (tertiary/aromatic N) is 3. The second kappa shape index (κ2) is 9.45. The summed E-state index contributed by atoms with van der Waals surface area (Å²) in [4.78, 5) is 4.62. The smallest absolute Gasteiger partial charge is 0.203 e.